The van der Waals surface area contributed by atoms with Crippen LogP contribution in [-0.4, -0.2) is 80.6 Å². The van der Waals surface area contributed by atoms with Crippen molar-refractivity contribution in [1.29, 1.82) is 0 Å². The highest BCUT2D eigenvalue weighted by Crippen LogP contribution is 2.08. The highest BCUT2D eigenvalue weighted by Gasteiger charge is 2.32. The SMILES string of the molecule is CC(C)C(NC(=O)C(N)CCCCN)C(=O)NC(Cc1cnc[nH]1)C(=O)NC(CCC(=O)O)C(=O)O. The fourth-order valence-electron chi connectivity index (χ4n) is 3.32. The van der Waals surface area contributed by atoms with Gasteiger partial charge in [-0.25, -0.2) is 9.78 Å². The van der Waals surface area contributed by atoms with Gasteiger partial charge in [0.05, 0.1) is 12.4 Å². The van der Waals surface area contributed by atoms with Crippen molar-refractivity contribution in [2.24, 2.45) is 17.4 Å². The molecule has 0 saturated heterocycles. The Morgan fingerprint density at radius 1 is 0.972 bits per heavy atom. The molecule has 1 rings (SSSR count). The molecule has 36 heavy (non-hydrogen) atoms. The van der Waals surface area contributed by atoms with Crippen LogP contribution in [0, 0.1) is 5.92 Å². The summed E-state index contributed by atoms with van der Waals surface area (Å²) in [5.41, 5.74) is 11.9. The summed E-state index contributed by atoms with van der Waals surface area (Å²) in [6.45, 7) is 3.89. The number of unbranched alkanes of at least 4 members (excludes halogenated alkanes) is 1. The number of aromatic nitrogens is 2. The second-order valence-electron chi connectivity index (χ2n) is 8.80. The Balaban J connectivity index is 2.98. The van der Waals surface area contributed by atoms with E-state index in [1.807, 2.05) is 0 Å². The van der Waals surface area contributed by atoms with Crippen molar-refractivity contribution in [3.63, 3.8) is 0 Å². The quantitative estimate of drug-likeness (QED) is 0.112. The van der Waals surface area contributed by atoms with Crippen molar-refractivity contribution < 1.29 is 34.2 Å². The topological polar surface area (TPSA) is 243 Å². The van der Waals surface area contributed by atoms with Gasteiger partial charge in [0, 0.05) is 24.7 Å². The maximum Gasteiger partial charge on any atom is 0.326 e. The molecular formula is C22H37N7O7. The average Bonchev–Trinajstić information content (AvgIpc) is 3.31. The lowest BCUT2D eigenvalue weighted by Crippen LogP contribution is -2.58. The van der Waals surface area contributed by atoms with Gasteiger partial charge in [-0.1, -0.05) is 20.3 Å². The molecule has 0 aromatic carbocycles. The van der Waals surface area contributed by atoms with E-state index in [1.54, 1.807) is 13.8 Å². The Hall–Kier alpha value is -3.52. The Kier molecular flexibility index (Phi) is 13.1. The summed E-state index contributed by atoms with van der Waals surface area (Å²) in [4.78, 5) is 67.6. The van der Waals surface area contributed by atoms with Gasteiger partial charge in [-0.15, -0.1) is 0 Å². The smallest absolute Gasteiger partial charge is 0.326 e. The Morgan fingerprint density at radius 3 is 2.17 bits per heavy atom. The van der Waals surface area contributed by atoms with Crippen LogP contribution in [0.15, 0.2) is 12.5 Å². The third-order valence-corrected chi connectivity index (χ3v) is 5.43. The molecule has 202 valence electrons. The predicted molar refractivity (Wildman–Crippen MR) is 128 cm³/mol. The predicted octanol–water partition coefficient (Wildman–Crippen LogP) is -1.53. The fraction of sp³-hybridized carbons (Fsp3) is 0.636. The molecule has 4 unspecified atom stereocenters. The van der Waals surface area contributed by atoms with Gasteiger partial charge in [0.1, 0.15) is 18.1 Å². The molecule has 1 aromatic rings. The van der Waals surface area contributed by atoms with Gasteiger partial charge in [-0.2, -0.15) is 0 Å². The van der Waals surface area contributed by atoms with Crippen LogP contribution in [-0.2, 0) is 30.4 Å². The zero-order chi connectivity index (χ0) is 27.3. The maximum atomic E-state index is 13.1. The lowest BCUT2D eigenvalue weighted by molar-refractivity contribution is -0.143. The number of carbonyl (C=O) groups excluding carboxylic acids is 3. The van der Waals surface area contributed by atoms with E-state index in [0.29, 0.717) is 31.5 Å². The normalized spacial score (nSPS) is 14.4. The monoisotopic (exact) mass is 511 g/mol. The molecule has 0 radical (unpaired) electrons. The van der Waals surface area contributed by atoms with Crippen LogP contribution in [0.1, 0.15) is 51.6 Å². The number of hydrogen-bond donors (Lipinski definition) is 8. The van der Waals surface area contributed by atoms with Gasteiger partial charge in [0.2, 0.25) is 17.7 Å². The Bertz CT molecular complexity index is 876. The van der Waals surface area contributed by atoms with Crippen LogP contribution in [0.3, 0.4) is 0 Å². The van der Waals surface area contributed by atoms with Crippen LogP contribution in [0.5, 0.6) is 0 Å². The lowest BCUT2D eigenvalue weighted by atomic mass is 10.0. The second kappa shape index (κ2) is 15.5. The van der Waals surface area contributed by atoms with Crippen molar-refractivity contribution in [3.05, 3.63) is 18.2 Å². The van der Waals surface area contributed by atoms with Gasteiger partial charge in [-0.3, -0.25) is 19.2 Å². The van der Waals surface area contributed by atoms with Gasteiger partial charge >= 0.3 is 11.9 Å². The maximum absolute atomic E-state index is 13.1. The standard InChI is InChI=1S/C22H37N7O7/c1-12(2)18(29-19(32)14(24)5-3-4-8-23)21(34)28-16(9-13-10-25-11-26-13)20(33)27-15(22(35)36)6-7-17(30)31/h10-12,14-16,18H,3-9,23-24H2,1-2H3,(H,25,26)(H,27,33)(H,28,34)(H,29,32)(H,30,31)(H,35,36). The molecule has 0 bridgehead atoms. The third kappa shape index (κ3) is 10.8. The van der Waals surface area contributed by atoms with Crippen molar-refractivity contribution in [2.75, 3.05) is 6.54 Å². The highest BCUT2D eigenvalue weighted by molar-refractivity contribution is 5.94. The van der Waals surface area contributed by atoms with E-state index in [1.165, 1.54) is 12.5 Å². The molecule has 0 saturated carbocycles. The highest BCUT2D eigenvalue weighted by atomic mass is 16.4. The van der Waals surface area contributed by atoms with E-state index in [9.17, 15) is 29.1 Å². The molecule has 0 fully saturated rings. The Labute approximate surface area is 209 Å². The molecule has 14 nitrogen and oxygen atoms in total. The van der Waals surface area contributed by atoms with E-state index in [0.717, 1.165) is 0 Å². The first-order valence-corrected chi connectivity index (χ1v) is 11.7. The number of imidazole rings is 1. The summed E-state index contributed by atoms with van der Waals surface area (Å²) < 4.78 is 0. The molecular weight excluding hydrogens is 474 g/mol. The number of nitrogens with two attached hydrogens (primary N) is 2. The molecule has 1 aromatic heterocycles. The largest absolute Gasteiger partial charge is 0.481 e. The summed E-state index contributed by atoms with van der Waals surface area (Å²) in [5.74, 6) is -4.99. The Morgan fingerprint density at radius 2 is 1.64 bits per heavy atom. The van der Waals surface area contributed by atoms with Crippen LogP contribution < -0.4 is 27.4 Å². The molecule has 1 heterocycles. The van der Waals surface area contributed by atoms with Gasteiger partial charge < -0.3 is 42.6 Å². The van der Waals surface area contributed by atoms with E-state index in [4.69, 9.17) is 16.6 Å². The number of rotatable bonds is 17. The molecule has 10 N–H and O–H groups in total. The van der Waals surface area contributed by atoms with Crippen LogP contribution in [0.4, 0.5) is 0 Å². The molecule has 0 spiro atoms. The fourth-order valence-corrected chi connectivity index (χ4v) is 3.32. The number of aliphatic carboxylic acids is 2. The minimum Gasteiger partial charge on any atom is -0.481 e. The summed E-state index contributed by atoms with van der Waals surface area (Å²) in [6, 6.07) is -4.56. The molecule has 0 aliphatic heterocycles. The zero-order valence-corrected chi connectivity index (χ0v) is 20.5. The summed E-state index contributed by atoms with van der Waals surface area (Å²) in [5, 5.41) is 25.7. The molecule has 4 atom stereocenters. The van der Waals surface area contributed by atoms with Crippen molar-refractivity contribution in [2.45, 2.75) is 76.5 Å². The van der Waals surface area contributed by atoms with E-state index in [2.05, 4.69) is 25.9 Å². The first-order chi connectivity index (χ1) is 17.0. The lowest BCUT2D eigenvalue weighted by Gasteiger charge is -2.27. The van der Waals surface area contributed by atoms with Crippen molar-refractivity contribution in [1.82, 2.24) is 25.9 Å². The first kappa shape index (κ1) is 30.5. The summed E-state index contributed by atoms with van der Waals surface area (Å²) in [7, 11) is 0. The molecule has 3 amide bonds. The van der Waals surface area contributed by atoms with Gasteiger partial charge in [0.25, 0.3) is 0 Å². The summed E-state index contributed by atoms with van der Waals surface area (Å²) in [6.07, 6.45) is 3.71. The van der Waals surface area contributed by atoms with Crippen molar-refractivity contribution in [3.8, 4) is 0 Å². The molecule has 0 aliphatic rings. The molecule has 14 heteroatoms. The van der Waals surface area contributed by atoms with E-state index >= 15 is 0 Å². The minimum atomic E-state index is -1.47. The number of nitrogens with one attached hydrogen (secondary N) is 4. The number of carboxylic acids is 2. The van der Waals surface area contributed by atoms with E-state index in [-0.39, 0.29) is 18.8 Å². The van der Waals surface area contributed by atoms with E-state index < -0.39 is 60.2 Å². The van der Waals surface area contributed by atoms with Crippen molar-refractivity contribution >= 4 is 29.7 Å². The van der Waals surface area contributed by atoms with Crippen LogP contribution >= 0.6 is 0 Å². The summed E-state index contributed by atoms with van der Waals surface area (Å²) >= 11 is 0. The number of carbonyl (C=O) groups is 5. The zero-order valence-electron chi connectivity index (χ0n) is 20.5. The van der Waals surface area contributed by atoms with Gasteiger partial charge in [0.15, 0.2) is 0 Å². The van der Waals surface area contributed by atoms with Gasteiger partial charge in [-0.05, 0) is 31.7 Å². The van der Waals surface area contributed by atoms with Crippen LogP contribution in [0.2, 0.25) is 0 Å². The molecule has 0 aliphatic carbocycles. The first-order valence-electron chi connectivity index (χ1n) is 11.7. The minimum absolute atomic E-state index is 0.0553. The average molecular weight is 512 g/mol. The number of H-pyrrole nitrogens is 1. The number of amides is 3. The number of carboxylic acid groups (broad SMARTS) is 2. The number of aromatic amines is 1. The van der Waals surface area contributed by atoms with Crippen LogP contribution in [0.25, 0.3) is 0 Å². The second-order valence-corrected chi connectivity index (χ2v) is 8.80. The third-order valence-electron chi connectivity index (χ3n) is 5.43. The number of hydrogen-bond acceptors (Lipinski definition) is 8. The number of nitrogens with zero attached hydrogens (tertiary/aromatic N) is 1.